The lowest BCUT2D eigenvalue weighted by atomic mass is 10.1. The number of ether oxygens (including phenoxy) is 2. The maximum Gasteiger partial charge on any atom is 0.419 e. The third-order valence-electron chi connectivity index (χ3n) is 11.9. The molecule has 0 radical (unpaired) electrons. The number of hydrogen-bond acceptors (Lipinski definition) is 16. The van der Waals surface area contributed by atoms with Gasteiger partial charge in [0.2, 0.25) is 0 Å². The Hall–Kier alpha value is -5.77. The van der Waals surface area contributed by atoms with Crippen molar-refractivity contribution in [1.82, 2.24) is 60.0 Å². The number of nitrogens with zero attached hydrogens (tertiary/aromatic N) is 13. The van der Waals surface area contributed by atoms with Gasteiger partial charge in [-0.1, -0.05) is 26.4 Å². The van der Waals surface area contributed by atoms with Gasteiger partial charge in [-0.2, -0.15) is 36.9 Å². The molecule has 0 spiro atoms. The number of alkyl halides is 7. The van der Waals surface area contributed by atoms with Gasteiger partial charge in [-0.3, -0.25) is 14.7 Å². The number of piperazine rings is 2. The number of benzene rings is 2. The average molecular weight is 1120 g/mol. The Morgan fingerprint density at radius 3 is 1.58 bits per heavy atom. The molecule has 2 saturated heterocycles. The SMILES string of the molecule is CC(C)(O)CBr.Cc1cc(-c2cc3c(nnn3C)c(C#N)n2)ccc1OCCN1CCNCC1.Cl.Cn1nnc2c(C#N)nc(-c3ccc(OCCN4CCN(CC(C)(O)C(F)(F)F)CC4)c(C(F)(F)F)c3)cc21. The summed E-state index contributed by atoms with van der Waals surface area (Å²) in [6, 6.07) is 16.9. The summed E-state index contributed by atoms with van der Waals surface area (Å²) in [4.78, 5) is 14.4. The van der Waals surface area contributed by atoms with Crippen LogP contribution in [0.25, 0.3) is 44.6 Å². The fraction of sp³-hybridized carbons (Fsp3) is 0.500. The smallest absolute Gasteiger partial charge is 0.419 e. The summed E-state index contributed by atoms with van der Waals surface area (Å²) in [7, 11) is 3.39. The number of β-amino-alcohol motifs (C(OH)–C–C–N with tert-alkyl or cyclic N) is 1. The molecule has 18 nitrogen and oxygen atoms in total. The van der Waals surface area contributed by atoms with Gasteiger partial charge < -0.3 is 25.0 Å². The summed E-state index contributed by atoms with van der Waals surface area (Å²) in [5.74, 6) is 0.498. The van der Waals surface area contributed by atoms with Crippen LogP contribution in [0.15, 0.2) is 48.5 Å². The monoisotopic (exact) mass is 1120 g/mol. The van der Waals surface area contributed by atoms with Crippen molar-refractivity contribution in [3.8, 4) is 46.2 Å². The van der Waals surface area contributed by atoms with Crippen molar-refractivity contribution < 1.29 is 46.0 Å². The van der Waals surface area contributed by atoms with Gasteiger partial charge in [0.15, 0.2) is 17.0 Å². The highest BCUT2D eigenvalue weighted by atomic mass is 79.9. The molecular formula is C48H58BrClF6N14O4. The Morgan fingerprint density at radius 2 is 1.14 bits per heavy atom. The number of hydrogen-bond donors (Lipinski definition) is 3. The van der Waals surface area contributed by atoms with Crippen LogP contribution in [0, 0.1) is 29.6 Å². The van der Waals surface area contributed by atoms with E-state index in [9.17, 15) is 42.0 Å². The minimum atomic E-state index is -4.75. The van der Waals surface area contributed by atoms with Gasteiger partial charge in [-0.05, 0) is 81.8 Å². The van der Waals surface area contributed by atoms with Gasteiger partial charge in [-0.15, -0.1) is 22.6 Å². The molecule has 74 heavy (non-hydrogen) atoms. The number of rotatable bonds is 13. The Labute approximate surface area is 438 Å². The van der Waals surface area contributed by atoms with E-state index < -0.39 is 35.7 Å². The molecule has 400 valence electrons. The molecule has 2 fully saturated rings. The predicted molar refractivity (Wildman–Crippen MR) is 270 cm³/mol. The standard InChI is InChI=1S/C24H25F6N7O2.C20H23N7O.C4H9BrO.ClH/c1-22(38,24(28,29)30)14-37-7-5-36(6-8-37)9-10-39-20-4-3-15(11-16(20)23(25,26)27)17-12-19-21(18(13-31)32-17)33-34-35(19)2;1-14-11-15(3-4-19(14)28-10-9-27-7-5-22-6-8-27)16-12-18-20(17(13-21)23-16)24-25-26(18)2;1-4(2,6)3-5;/h3-4,11-12,38H,5-10,14H2,1-2H3;3-4,11-12,22H,5-10H2,1-2H3;6H,3H2,1-2H3;1H. The average Bonchev–Trinajstić information content (AvgIpc) is 3.92. The van der Waals surface area contributed by atoms with Gasteiger partial charge >= 0.3 is 12.4 Å². The molecule has 2 aliphatic rings. The lowest BCUT2D eigenvalue weighted by molar-refractivity contribution is -0.258. The van der Waals surface area contributed by atoms with Gasteiger partial charge in [0.05, 0.1) is 33.6 Å². The molecule has 3 N–H and O–H groups in total. The second-order valence-corrected chi connectivity index (χ2v) is 19.0. The zero-order valence-electron chi connectivity index (χ0n) is 41.6. The Morgan fingerprint density at radius 1 is 0.689 bits per heavy atom. The molecule has 0 saturated carbocycles. The Balaban J connectivity index is 0.000000253. The number of nitriles is 2. The lowest BCUT2D eigenvalue weighted by Gasteiger charge is -2.38. The maximum atomic E-state index is 13.9. The first-order valence-electron chi connectivity index (χ1n) is 23.2. The second-order valence-electron chi connectivity index (χ2n) is 18.4. The molecule has 1 atom stereocenters. The summed E-state index contributed by atoms with van der Waals surface area (Å²) in [5.41, 5.74) is 0.809. The second kappa shape index (κ2) is 25.2. The summed E-state index contributed by atoms with van der Waals surface area (Å²) in [6.07, 6.45) is -9.48. The van der Waals surface area contributed by atoms with Crippen LogP contribution in [-0.2, 0) is 20.3 Å². The molecule has 2 aromatic carbocycles. The first kappa shape index (κ1) is 59.1. The molecule has 26 heteroatoms. The fourth-order valence-electron chi connectivity index (χ4n) is 7.72. The van der Waals surface area contributed by atoms with Crippen molar-refractivity contribution in [2.24, 2.45) is 14.1 Å². The van der Waals surface area contributed by atoms with Crippen LogP contribution in [0.3, 0.4) is 0 Å². The molecule has 8 rings (SSSR count). The first-order valence-corrected chi connectivity index (χ1v) is 24.3. The van der Waals surface area contributed by atoms with Gasteiger partial charge in [-0.25, -0.2) is 19.3 Å². The maximum absolute atomic E-state index is 13.9. The van der Waals surface area contributed by atoms with E-state index in [-0.39, 0.29) is 72.6 Å². The van der Waals surface area contributed by atoms with E-state index in [2.05, 4.69) is 62.8 Å². The van der Waals surface area contributed by atoms with Gasteiger partial charge in [0, 0.05) is 103 Å². The predicted octanol–water partition coefficient (Wildman–Crippen LogP) is 6.30. The van der Waals surface area contributed by atoms with Crippen LogP contribution in [0.1, 0.15) is 43.3 Å². The van der Waals surface area contributed by atoms with Crippen LogP contribution >= 0.6 is 28.3 Å². The number of fused-ring (bicyclic) bond motifs is 2. The quantitative estimate of drug-likeness (QED) is 0.0855. The summed E-state index contributed by atoms with van der Waals surface area (Å²) >= 11 is 3.12. The number of pyridine rings is 2. The van der Waals surface area contributed by atoms with E-state index in [1.54, 1.807) is 32.6 Å². The number of halogens is 8. The number of aryl methyl sites for hydroxylation is 3. The normalized spacial score (nSPS) is 15.7. The molecule has 0 aliphatic carbocycles. The highest BCUT2D eigenvalue weighted by Gasteiger charge is 2.50. The highest BCUT2D eigenvalue weighted by Crippen LogP contribution is 2.39. The fourth-order valence-corrected chi connectivity index (χ4v) is 7.72. The summed E-state index contributed by atoms with van der Waals surface area (Å²) in [6.45, 7) is 13.0. The number of aliphatic hydroxyl groups is 2. The van der Waals surface area contributed by atoms with Crippen molar-refractivity contribution in [2.75, 3.05) is 90.5 Å². The van der Waals surface area contributed by atoms with Crippen LogP contribution in [0.2, 0.25) is 0 Å². The zero-order valence-corrected chi connectivity index (χ0v) is 44.0. The summed E-state index contributed by atoms with van der Waals surface area (Å²) in [5, 5.41) is 57.0. The van der Waals surface area contributed by atoms with Crippen molar-refractivity contribution in [3.05, 3.63) is 71.0 Å². The number of aromatic nitrogens is 8. The lowest BCUT2D eigenvalue weighted by Crippen LogP contribution is -2.56. The molecule has 6 heterocycles. The van der Waals surface area contributed by atoms with E-state index in [1.165, 1.54) is 27.8 Å². The van der Waals surface area contributed by atoms with E-state index in [4.69, 9.17) is 14.6 Å². The molecule has 0 amide bonds. The molecule has 0 bridgehead atoms. The van der Waals surface area contributed by atoms with Crippen molar-refractivity contribution in [1.29, 1.82) is 10.5 Å². The highest BCUT2D eigenvalue weighted by molar-refractivity contribution is 9.09. The Kier molecular flexibility index (Phi) is 20.1. The van der Waals surface area contributed by atoms with E-state index in [1.807, 2.05) is 42.2 Å². The Bertz CT molecular complexity index is 2920. The topological polar surface area (TPSA) is 215 Å². The minimum Gasteiger partial charge on any atom is -0.492 e. The molecule has 6 aromatic rings. The van der Waals surface area contributed by atoms with Crippen LogP contribution < -0.4 is 14.8 Å². The molecular weight excluding hydrogens is 1070 g/mol. The van der Waals surface area contributed by atoms with Gasteiger partial charge in [0.1, 0.15) is 47.9 Å². The third-order valence-corrected chi connectivity index (χ3v) is 13.3. The van der Waals surface area contributed by atoms with Crippen molar-refractivity contribution >= 4 is 50.4 Å². The van der Waals surface area contributed by atoms with Crippen molar-refractivity contribution in [2.45, 2.75) is 51.2 Å². The number of nitrogens with one attached hydrogen (secondary N) is 1. The molecule has 4 aromatic heterocycles. The van der Waals surface area contributed by atoms with Crippen LogP contribution in [0.5, 0.6) is 11.5 Å². The van der Waals surface area contributed by atoms with Crippen molar-refractivity contribution in [3.63, 3.8) is 0 Å². The van der Waals surface area contributed by atoms with E-state index in [0.717, 1.165) is 73.8 Å². The van der Waals surface area contributed by atoms with Crippen LogP contribution in [-0.4, -0.2) is 173 Å². The molecule has 1 unspecified atom stereocenters. The summed E-state index contributed by atoms with van der Waals surface area (Å²) < 4.78 is 95.0. The zero-order chi connectivity index (χ0) is 53.3. The first-order chi connectivity index (χ1) is 34.4. The largest absolute Gasteiger partial charge is 0.492 e. The van der Waals surface area contributed by atoms with E-state index in [0.29, 0.717) is 36.1 Å². The molecule has 2 aliphatic heterocycles. The third kappa shape index (κ3) is 15.4. The minimum absolute atomic E-state index is 0. The van der Waals surface area contributed by atoms with E-state index >= 15 is 0 Å². The van der Waals surface area contributed by atoms with Crippen LogP contribution in [0.4, 0.5) is 26.3 Å². The van der Waals surface area contributed by atoms with Gasteiger partial charge in [0.25, 0.3) is 0 Å².